The Labute approximate surface area is 199 Å². The molecule has 1 N–H and O–H groups in total. The molecule has 0 radical (unpaired) electrons. The zero-order valence-electron chi connectivity index (χ0n) is 18.1. The molecule has 12 heteroatoms. The van der Waals surface area contributed by atoms with Crippen LogP contribution in [0.15, 0.2) is 53.5 Å². The summed E-state index contributed by atoms with van der Waals surface area (Å²) in [4.78, 5) is 19.0. The van der Waals surface area contributed by atoms with E-state index in [2.05, 4.69) is 10.3 Å². The lowest BCUT2D eigenvalue weighted by molar-refractivity contribution is -0.137. The highest BCUT2D eigenvalue weighted by atomic mass is 32.2. The molecule has 0 spiro atoms. The number of amidine groups is 1. The van der Waals surface area contributed by atoms with Gasteiger partial charge in [-0.15, -0.1) is 0 Å². The van der Waals surface area contributed by atoms with Crippen molar-refractivity contribution in [3.63, 3.8) is 0 Å². The summed E-state index contributed by atoms with van der Waals surface area (Å²) < 4.78 is 68.3. The normalized spacial score (nSPS) is 21.0. The smallest absolute Gasteiger partial charge is 0.416 e. The molecule has 0 saturated carbocycles. The minimum absolute atomic E-state index is 0.0167. The number of alkyl halides is 3. The second-order valence-corrected chi connectivity index (χ2v) is 11.2. The SMILES string of the molecule is CCOc1ccc(N(CC(=O)Nc2cccc(C(F)(F)F)c2)C2=NC3CS(=O)(=O)CC3S2)cc1. The van der Waals surface area contributed by atoms with E-state index in [1.54, 1.807) is 29.2 Å². The van der Waals surface area contributed by atoms with Crippen molar-refractivity contribution in [1.29, 1.82) is 0 Å². The molecule has 2 unspecified atom stereocenters. The van der Waals surface area contributed by atoms with Crippen molar-refractivity contribution in [2.45, 2.75) is 24.4 Å². The maximum Gasteiger partial charge on any atom is 0.416 e. The van der Waals surface area contributed by atoms with E-state index < -0.39 is 27.5 Å². The predicted molar refractivity (Wildman–Crippen MR) is 126 cm³/mol. The number of benzene rings is 2. The number of carbonyl (C=O) groups is 1. The number of aliphatic imine (C=N–C) groups is 1. The van der Waals surface area contributed by atoms with E-state index in [1.165, 1.54) is 23.9 Å². The van der Waals surface area contributed by atoms with Crippen molar-refractivity contribution in [2.24, 2.45) is 4.99 Å². The summed E-state index contributed by atoms with van der Waals surface area (Å²) in [6.07, 6.45) is -4.53. The lowest BCUT2D eigenvalue weighted by atomic mass is 10.2. The van der Waals surface area contributed by atoms with Gasteiger partial charge in [-0.1, -0.05) is 17.8 Å². The van der Waals surface area contributed by atoms with E-state index in [-0.39, 0.29) is 35.0 Å². The van der Waals surface area contributed by atoms with Gasteiger partial charge in [-0.3, -0.25) is 9.79 Å². The lowest BCUT2D eigenvalue weighted by Gasteiger charge is -2.24. The second kappa shape index (κ2) is 9.49. The van der Waals surface area contributed by atoms with Crippen molar-refractivity contribution in [3.05, 3.63) is 54.1 Å². The highest BCUT2D eigenvalue weighted by Gasteiger charge is 2.44. The van der Waals surface area contributed by atoms with Crippen molar-refractivity contribution >= 4 is 44.0 Å². The third-order valence-electron chi connectivity index (χ3n) is 5.27. The molecule has 1 saturated heterocycles. The summed E-state index contributed by atoms with van der Waals surface area (Å²) in [5, 5.41) is 2.78. The Morgan fingerprint density at radius 3 is 2.59 bits per heavy atom. The van der Waals surface area contributed by atoms with Crippen molar-refractivity contribution in [1.82, 2.24) is 0 Å². The number of rotatable bonds is 6. The van der Waals surface area contributed by atoms with Gasteiger partial charge < -0.3 is 15.0 Å². The maximum absolute atomic E-state index is 13.0. The molecular weight excluding hydrogens is 491 g/mol. The highest BCUT2D eigenvalue weighted by Crippen LogP contribution is 2.37. The fourth-order valence-electron chi connectivity index (χ4n) is 3.75. The van der Waals surface area contributed by atoms with Gasteiger partial charge in [0, 0.05) is 16.6 Å². The summed E-state index contributed by atoms with van der Waals surface area (Å²) in [5.74, 6) is 0.0784. The summed E-state index contributed by atoms with van der Waals surface area (Å²) in [7, 11) is -3.15. The first kappa shape index (κ1) is 24.4. The molecule has 7 nitrogen and oxygen atoms in total. The van der Waals surface area contributed by atoms with Crippen LogP contribution in [0.4, 0.5) is 24.5 Å². The van der Waals surface area contributed by atoms with Gasteiger partial charge in [0.15, 0.2) is 15.0 Å². The average Bonchev–Trinajstić information content (AvgIpc) is 3.26. The van der Waals surface area contributed by atoms with E-state index in [4.69, 9.17) is 4.74 Å². The van der Waals surface area contributed by atoms with Gasteiger partial charge >= 0.3 is 6.18 Å². The average molecular weight is 514 g/mol. The van der Waals surface area contributed by atoms with E-state index in [9.17, 15) is 26.4 Å². The number of halogens is 3. The molecule has 2 aromatic carbocycles. The van der Waals surface area contributed by atoms with Crippen LogP contribution in [0.2, 0.25) is 0 Å². The molecule has 0 aromatic heterocycles. The number of nitrogens with zero attached hydrogens (tertiary/aromatic N) is 2. The quantitative estimate of drug-likeness (QED) is 0.632. The molecule has 1 amide bonds. The van der Waals surface area contributed by atoms with Gasteiger partial charge in [-0.2, -0.15) is 13.2 Å². The molecule has 34 heavy (non-hydrogen) atoms. The number of anilines is 2. The van der Waals surface area contributed by atoms with E-state index >= 15 is 0 Å². The topological polar surface area (TPSA) is 88.1 Å². The van der Waals surface area contributed by atoms with Crippen LogP contribution >= 0.6 is 11.8 Å². The Hall–Kier alpha value is -2.73. The minimum atomic E-state index is -4.53. The molecule has 2 heterocycles. The van der Waals surface area contributed by atoms with Crippen LogP contribution in [0.5, 0.6) is 5.75 Å². The second-order valence-electron chi connectivity index (χ2n) is 7.85. The number of thioether (sulfide) groups is 1. The summed E-state index contributed by atoms with van der Waals surface area (Å²) in [5.41, 5.74) is -0.217. The number of carbonyl (C=O) groups excluding carboxylic acids is 1. The van der Waals surface area contributed by atoms with Crippen LogP contribution in [-0.4, -0.2) is 55.4 Å². The van der Waals surface area contributed by atoms with Gasteiger partial charge in [-0.25, -0.2) is 8.42 Å². The zero-order chi connectivity index (χ0) is 24.5. The fraction of sp³-hybridized carbons (Fsp3) is 0.364. The van der Waals surface area contributed by atoms with Crippen molar-refractivity contribution < 1.29 is 31.1 Å². The Morgan fingerprint density at radius 2 is 1.94 bits per heavy atom. The molecule has 182 valence electrons. The Kier molecular flexibility index (Phi) is 6.81. The number of nitrogens with one attached hydrogen (secondary N) is 1. The molecule has 2 atom stereocenters. The van der Waals surface area contributed by atoms with Crippen molar-refractivity contribution in [3.8, 4) is 5.75 Å². The molecule has 2 aliphatic rings. The monoisotopic (exact) mass is 513 g/mol. The minimum Gasteiger partial charge on any atom is -0.494 e. The maximum atomic E-state index is 13.0. The van der Waals surface area contributed by atoms with Crippen LogP contribution in [0.1, 0.15) is 12.5 Å². The molecule has 2 aromatic rings. The molecule has 1 fully saturated rings. The van der Waals surface area contributed by atoms with Crippen LogP contribution in [0, 0.1) is 0 Å². The van der Waals surface area contributed by atoms with Gasteiger partial charge in [0.05, 0.1) is 29.7 Å². The molecule has 0 aliphatic carbocycles. The highest BCUT2D eigenvalue weighted by molar-refractivity contribution is 8.15. The largest absolute Gasteiger partial charge is 0.494 e. The number of hydrogen-bond donors (Lipinski definition) is 1. The van der Waals surface area contributed by atoms with Crippen LogP contribution in [0.25, 0.3) is 0 Å². The number of fused-ring (bicyclic) bond motifs is 1. The number of hydrogen-bond acceptors (Lipinski definition) is 7. The first-order chi connectivity index (χ1) is 16.0. The number of amides is 1. The van der Waals surface area contributed by atoms with Gasteiger partial charge in [0.25, 0.3) is 0 Å². The number of sulfone groups is 1. The summed E-state index contributed by atoms with van der Waals surface area (Å²) >= 11 is 1.29. The Bertz CT molecular complexity index is 1200. The van der Waals surface area contributed by atoms with E-state index in [1.807, 2.05) is 6.92 Å². The standard InChI is InChI=1S/C22H22F3N3O4S2/c1-2-32-17-8-6-16(7-9-17)28(21-27-18-12-34(30,31)13-19(18)33-21)11-20(29)26-15-5-3-4-14(10-15)22(23,24)25/h3-10,18-19H,2,11-13H2,1H3,(H,26,29). The summed E-state index contributed by atoms with van der Waals surface area (Å²) in [6, 6.07) is 11.0. The first-order valence-electron chi connectivity index (χ1n) is 10.5. The van der Waals surface area contributed by atoms with E-state index in [0.29, 0.717) is 23.2 Å². The zero-order valence-corrected chi connectivity index (χ0v) is 19.7. The fourth-order valence-corrected chi connectivity index (χ4v) is 7.53. The van der Waals surface area contributed by atoms with E-state index in [0.717, 1.165) is 12.1 Å². The molecule has 2 aliphatic heterocycles. The third-order valence-corrected chi connectivity index (χ3v) is 8.52. The summed E-state index contributed by atoms with van der Waals surface area (Å²) in [6.45, 7) is 2.13. The van der Waals surface area contributed by atoms with Crippen LogP contribution in [-0.2, 0) is 20.8 Å². The molecule has 0 bridgehead atoms. The number of ether oxygens (including phenoxy) is 1. The van der Waals surface area contributed by atoms with Crippen LogP contribution in [0.3, 0.4) is 0 Å². The van der Waals surface area contributed by atoms with Gasteiger partial charge in [0.1, 0.15) is 12.3 Å². The van der Waals surface area contributed by atoms with Gasteiger partial charge in [-0.05, 0) is 49.4 Å². The third kappa shape index (κ3) is 5.66. The molecular formula is C22H22F3N3O4S2. The Balaban J connectivity index is 1.56. The first-order valence-corrected chi connectivity index (χ1v) is 13.2. The lowest BCUT2D eigenvalue weighted by Crippen LogP contribution is -2.36. The van der Waals surface area contributed by atoms with Gasteiger partial charge in [0.2, 0.25) is 5.91 Å². The predicted octanol–water partition coefficient (Wildman–Crippen LogP) is 3.82. The van der Waals surface area contributed by atoms with Crippen LogP contribution < -0.4 is 15.0 Å². The Morgan fingerprint density at radius 1 is 1.21 bits per heavy atom. The molecule has 4 rings (SSSR count). The van der Waals surface area contributed by atoms with Crippen molar-refractivity contribution in [2.75, 3.05) is 34.9 Å².